The van der Waals surface area contributed by atoms with Crippen molar-refractivity contribution >= 4 is 11.0 Å². The summed E-state index contributed by atoms with van der Waals surface area (Å²) >= 11 is 0. The highest BCUT2D eigenvalue weighted by Gasteiger charge is 2.38. The smallest absolute Gasteiger partial charge is 0.160 e. The summed E-state index contributed by atoms with van der Waals surface area (Å²) < 4.78 is 16.8. The Kier molecular flexibility index (Phi) is 8.19. The second-order valence-electron chi connectivity index (χ2n) is 8.53. The normalized spacial score (nSPS) is 13.1. The molecule has 5 nitrogen and oxygen atoms in total. The van der Waals surface area contributed by atoms with E-state index in [0.29, 0.717) is 0 Å². The van der Waals surface area contributed by atoms with Crippen molar-refractivity contribution in [1.82, 2.24) is 5.32 Å². The van der Waals surface area contributed by atoms with Crippen molar-refractivity contribution in [2.45, 2.75) is 44.9 Å². The highest BCUT2D eigenvalue weighted by Crippen LogP contribution is 2.39. The van der Waals surface area contributed by atoms with Gasteiger partial charge in [0.05, 0.1) is 20.3 Å². The number of ether oxygens (including phenoxy) is 2. The second-order valence-corrected chi connectivity index (χ2v) is 8.53. The lowest BCUT2D eigenvalue weighted by molar-refractivity contribution is 0.302. The lowest BCUT2D eigenvalue weighted by Crippen LogP contribution is -2.31. The van der Waals surface area contributed by atoms with Crippen molar-refractivity contribution in [2.24, 2.45) is 5.92 Å². The van der Waals surface area contributed by atoms with Crippen molar-refractivity contribution in [2.75, 3.05) is 27.3 Å². The summed E-state index contributed by atoms with van der Waals surface area (Å²) in [5.41, 5.74) is 1.47. The van der Waals surface area contributed by atoms with E-state index in [0.717, 1.165) is 67.0 Å². The Morgan fingerprint density at radius 3 is 2.44 bits per heavy atom. The molecule has 0 saturated heterocycles. The van der Waals surface area contributed by atoms with Crippen molar-refractivity contribution < 1.29 is 13.9 Å². The number of fused-ring (bicyclic) bond motifs is 1. The fourth-order valence-corrected chi connectivity index (χ4v) is 4.21. The van der Waals surface area contributed by atoms with Crippen LogP contribution in [-0.4, -0.2) is 27.3 Å². The van der Waals surface area contributed by atoms with Gasteiger partial charge in [0, 0.05) is 5.39 Å². The van der Waals surface area contributed by atoms with E-state index in [-0.39, 0.29) is 5.92 Å². The summed E-state index contributed by atoms with van der Waals surface area (Å²) in [6, 6.07) is 18.7. The van der Waals surface area contributed by atoms with Crippen LogP contribution in [0.2, 0.25) is 0 Å². The number of furan rings is 1. The van der Waals surface area contributed by atoms with Crippen molar-refractivity contribution in [3.05, 3.63) is 59.9 Å². The third kappa shape index (κ3) is 5.26. The van der Waals surface area contributed by atoms with Crippen LogP contribution < -0.4 is 14.8 Å². The van der Waals surface area contributed by atoms with Gasteiger partial charge < -0.3 is 19.2 Å². The Morgan fingerprint density at radius 2 is 1.75 bits per heavy atom. The average Bonchev–Trinajstić information content (AvgIpc) is 3.25. The van der Waals surface area contributed by atoms with Crippen LogP contribution in [0.4, 0.5) is 0 Å². The minimum Gasteiger partial charge on any atom is -0.493 e. The third-order valence-electron chi connectivity index (χ3n) is 6.24. The summed E-state index contributed by atoms with van der Waals surface area (Å²) in [7, 11) is 3.31. The minimum absolute atomic E-state index is 0.165. The highest BCUT2D eigenvalue weighted by atomic mass is 16.5. The molecule has 1 aromatic heterocycles. The van der Waals surface area contributed by atoms with Crippen molar-refractivity contribution in [3.63, 3.8) is 0 Å². The van der Waals surface area contributed by atoms with Gasteiger partial charge in [-0.1, -0.05) is 38.1 Å². The monoisotopic (exact) mass is 434 g/mol. The maximum atomic E-state index is 10.1. The first kappa shape index (κ1) is 23.7. The number of methoxy groups -OCH3 is 2. The van der Waals surface area contributed by atoms with Crippen LogP contribution in [0.3, 0.4) is 0 Å². The number of nitrogens with one attached hydrogen (secondary N) is 1. The maximum Gasteiger partial charge on any atom is 0.160 e. The van der Waals surface area contributed by atoms with E-state index in [4.69, 9.17) is 13.9 Å². The molecule has 32 heavy (non-hydrogen) atoms. The topological polar surface area (TPSA) is 67.4 Å². The molecule has 1 heterocycles. The SMILES string of the molecule is COc1ccc(CCCNCCCC(C#N)(c2cc3ccccc3o2)C(C)C)cc1OC. The molecule has 3 aromatic rings. The van der Waals surface area contributed by atoms with Crippen molar-refractivity contribution in [1.29, 1.82) is 5.26 Å². The molecule has 0 bridgehead atoms. The van der Waals surface area contributed by atoms with Gasteiger partial charge in [0.25, 0.3) is 0 Å². The molecule has 0 aliphatic rings. The predicted octanol–water partition coefficient (Wildman–Crippen LogP) is 5.87. The Hall–Kier alpha value is -2.97. The molecule has 0 spiro atoms. The molecule has 3 rings (SSSR count). The van der Waals surface area contributed by atoms with Gasteiger partial charge in [-0.05, 0) is 74.5 Å². The van der Waals surface area contributed by atoms with Crippen LogP contribution in [0.1, 0.15) is 44.4 Å². The second kappa shape index (κ2) is 11.1. The molecule has 0 aliphatic carbocycles. The van der Waals surface area contributed by atoms with Crippen LogP contribution in [0, 0.1) is 17.2 Å². The van der Waals surface area contributed by atoms with Gasteiger partial charge in [0.15, 0.2) is 11.5 Å². The fraction of sp³-hybridized carbons (Fsp3) is 0.444. The fourth-order valence-electron chi connectivity index (χ4n) is 4.21. The Balaban J connectivity index is 1.49. The molecule has 2 aromatic carbocycles. The number of nitrogens with zero attached hydrogens (tertiary/aromatic N) is 1. The van der Waals surface area contributed by atoms with Gasteiger partial charge in [0.1, 0.15) is 16.8 Å². The quantitative estimate of drug-likeness (QED) is 0.361. The zero-order valence-electron chi connectivity index (χ0n) is 19.6. The van der Waals surface area contributed by atoms with E-state index in [1.807, 2.05) is 42.5 Å². The summed E-state index contributed by atoms with van der Waals surface area (Å²) in [6.45, 7) is 6.02. The largest absolute Gasteiger partial charge is 0.493 e. The van der Waals surface area contributed by atoms with Gasteiger partial charge in [-0.3, -0.25) is 0 Å². The number of hydrogen-bond acceptors (Lipinski definition) is 5. The number of para-hydroxylation sites is 1. The molecule has 1 N–H and O–H groups in total. The number of rotatable bonds is 12. The van der Waals surface area contributed by atoms with E-state index in [9.17, 15) is 5.26 Å². The van der Waals surface area contributed by atoms with Crippen LogP contribution in [0.25, 0.3) is 11.0 Å². The standard InChI is InChI=1S/C27H34N2O3/c1-20(2)27(19-28,26-18-22-10-5-6-11-23(22)32-26)14-8-16-29-15-7-9-21-12-13-24(30-3)25(17-21)31-4/h5-6,10-13,17-18,20,29H,7-9,14-16H2,1-4H3. The molecular formula is C27H34N2O3. The summed E-state index contributed by atoms with van der Waals surface area (Å²) in [5.74, 6) is 2.47. The lowest BCUT2D eigenvalue weighted by atomic mass is 9.73. The van der Waals surface area contributed by atoms with E-state index < -0.39 is 5.41 Å². The van der Waals surface area contributed by atoms with E-state index in [1.165, 1.54) is 5.56 Å². The molecule has 0 amide bonds. The zero-order chi connectivity index (χ0) is 23.0. The van der Waals surface area contributed by atoms with Gasteiger partial charge in [-0.15, -0.1) is 0 Å². The molecule has 0 fully saturated rings. The first-order chi connectivity index (χ1) is 15.5. The molecule has 0 saturated carbocycles. The Bertz CT molecular complexity index is 1020. The van der Waals surface area contributed by atoms with Gasteiger partial charge in [-0.2, -0.15) is 5.26 Å². The average molecular weight is 435 g/mol. The third-order valence-corrected chi connectivity index (χ3v) is 6.24. The van der Waals surface area contributed by atoms with E-state index in [2.05, 4.69) is 31.3 Å². The van der Waals surface area contributed by atoms with Crippen LogP contribution in [0.5, 0.6) is 11.5 Å². The molecule has 5 heteroatoms. The Morgan fingerprint density at radius 1 is 1.00 bits per heavy atom. The molecule has 0 aliphatic heterocycles. The summed E-state index contributed by atoms with van der Waals surface area (Å²) in [5, 5.41) is 14.7. The number of hydrogen-bond donors (Lipinski definition) is 1. The van der Waals surface area contributed by atoms with Crippen LogP contribution in [-0.2, 0) is 11.8 Å². The zero-order valence-corrected chi connectivity index (χ0v) is 19.6. The molecular weight excluding hydrogens is 400 g/mol. The molecule has 0 radical (unpaired) electrons. The molecule has 1 unspecified atom stereocenters. The number of aryl methyl sites for hydroxylation is 1. The molecule has 1 atom stereocenters. The minimum atomic E-state index is -0.611. The first-order valence-corrected chi connectivity index (χ1v) is 11.4. The highest BCUT2D eigenvalue weighted by molar-refractivity contribution is 5.78. The van der Waals surface area contributed by atoms with Gasteiger partial charge in [-0.25, -0.2) is 0 Å². The number of benzene rings is 2. The summed E-state index contributed by atoms with van der Waals surface area (Å²) in [6.07, 6.45) is 3.69. The maximum absolute atomic E-state index is 10.1. The summed E-state index contributed by atoms with van der Waals surface area (Å²) in [4.78, 5) is 0. The van der Waals surface area contributed by atoms with Crippen LogP contribution in [0.15, 0.2) is 52.9 Å². The number of nitriles is 1. The van der Waals surface area contributed by atoms with Gasteiger partial charge >= 0.3 is 0 Å². The predicted molar refractivity (Wildman–Crippen MR) is 128 cm³/mol. The van der Waals surface area contributed by atoms with Crippen LogP contribution >= 0.6 is 0 Å². The van der Waals surface area contributed by atoms with E-state index >= 15 is 0 Å². The Labute approximate surface area is 191 Å². The first-order valence-electron chi connectivity index (χ1n) is 11.4. The van der Waals surface area contributed by atoms with Crippen molar-refractivity contribution in [3.8, 4) is 17.6 Å². The van der Waals surface area contributed by atoms with Gasteiger partial charge in [0.2, 0.25) is 0 Å². The van der Waals surface area contributed by atoms with E-state index in [1.54, 1.807) is 14.2 Å². The lowest BCUT2D eigenvalue weighted by Gasteiger charge is -2.28. The molecule has 170 valence electrons.